The Kier molecular flexibility index (Phi) is 6.26. The zero-order chi connectivity index (χ0) is 20.4. The zero-order valence-corrected chi connectivity index (χ0v) is 16.4. The van der Waals surface area contributed by atoms with Gasteiger partial charge in [0.15, 0.2) is 17.4 Å². The Morgan fingerprint density at radius 1 is 1.15 bits per heavy atom. The fourth-order valence-corrected chi connectivity index (χ4v) is 2.20. The Balaban J connectivity index is 2.25. The van der Waals surface area contributed by atoms with Crippen molar-refractivity contribution < 1.29 is 27.8 Å². The van der Waals surface area contributed by atoms with Gasteiger partial charge in [0.25, 0.3) is 0 Å². The van der Waals surface area contributed by atoms with Gasteiger partial charge >= 0.3 is 5.97 Å². The molecule has 27 heavy (non-hydrogen) atoms. The molecule has 8 heteroatoms. The smallest absolute Gasteiger partial charge is 0.338 e. The predicted octanol–water partition coefficient (Wildman–Crippen LogP) is 5.55. The van der Waals surface area contributed by atoms with Gasteiger partial charge in [0.2, 0.25) is 5.88 Å². The van der Waals surface area contributed by atoms with E-state index in [2.05, 4.69) is 4.98 Å². The van der Waals surface area contributed by atoms with Gasteiger partial charge in [-0.3, -0.25) is 0 Å². The summed E-state index contributed by atoms with van der Waals surface area (Å²) in [5, 5.41) is 0.132. The Bertz CT molecular complexity index is 827. The normalized spacial score (nSPS) is 11.4. The number of ether oxygens (including phenoxy) is 3. The molecule has 0 unspecified atom stereocenters. The van der Waals surface area contributed by atoms with Gasteiger partial charge in [-0.25, -0.2) is 18.6 Å². The van der Waals surface area contributed by atoms with Crippen LogP contribution in [-0.2, 0) is 4.74 Å². The maximum atomic E-state index is 14.3. The number of hydrogen-bond donors (Lipinski definition) is 0. The van der Waals surface area contributed by atoms with E-state index in [1.807, 2.05) is 0 Å². The fraction of sp³-hybridized carbons (Fsp3) is 0.368. The number of pyridine rings is 1. The van der Waals surface area contributed by atoms with Crippen LogP contribution in [0.1, 0.15) is 45.0 Å². The van der Waals surface area contributed by atoms with Gasteiger partial charge in [0.1, 0.15) is 16.4 Å². The molecule has 0 aliphatic carbocycles. The van der Waals surface area contributed by atoms with E-state index in [1.165, 1.54) is 12.3 Å². The van der Waals surface area contributed by atoms with E-state index in [-0.39, 0.29) is 28.3 Å². The lowest BCUT2D eigenvalue weighted by atomic mass is 10.1. The molecule has 5 nitrogen and oxygen atoms in total. The largest absolute Gasteiger partial charge is 0.474 e. The lowest BCUT2D eigenvalue weighted by Crippen LogP contribution is -2.24. The maximum Gasteiger partial charge on any atom is 0.338 e. The highest BCUT2D eigenvalue weighted by molar-refractivity contribution is 6.31. The first-order valence-electron chi connectivity index (χ1n) is 8.18. The quantitative estimate of drug-likeness (QED) is 0.617. The van der Waals surface area contributed by atoms with Crippen molar-refractivity contribution in [1.29, 1.82) is 0 Å². The van der Waals surface area contributed by atoms with Crippen molar-refractivity contribution in [1.82, 2.24) is 4.98 Å². The molecule has 0 atom stereocenters. The fourth-order valence-electron chi connectivity index (χ4n) is 2.00. The van der Waals surface area contributed by atoms with Gasteiger partial charge in [-0.05, 0) is 46.8 Å². The molecule has 0 saturated heterocycles. The summed E-state index contributed by atoms with van der Waals surface area (Å²) in [6.45, 7) is 8.56. The molecule has 2 aromatic rings. The van der Waals surface area contributed by atoms with E-state index in [9.17, 15) is 13.6 Å². The van der Waals surface area contributed by atoms with Gasteiger partial charge in [-0.15, -0.1) is 0 Å². The number of carbonyl (C=O) groups is 1. The molecule has 1 aromatic heterocycles. The third-order valence-electron chi connectivity index (χ3n) is 2.98. The molecule has 0 aliphatic rings. The minimum atomic E-state index is -1.06. The number of esters is 1. The zero-order valence-electron chi connectivity index (χ0n) is 15.6. The van der Waals surface area contributed by atoms with Gasteiger partial charge in [-0.2, -0.15) is 0 Å². The first-order chi connectivity index (χ1) is 12.5. The molecule has 0 N–H and O–H groups in total. The van der Waals surface area contributed by atoms with Crippen molar-refractivity contribution in [2.75, 3.05) is 0 Å². The van der Waals surface area contributed by atoms with Crippen LogP contribution in [0.15, 0.2) is 24.4 Å². The van der Waals surface area contributed by atoms with E-state index < -0.39 is 29.0 Å². The van der Waals surface area contributed by atoms with Gasteiger partial charge in [0, 0.05) is 6.07 Å². The summed E-state index contributed by atoms with van der Waals surface area (Å²) >= 11 is 6.03. The van der Waals surface area contributed by atoms with Crippen molar-refractivity contribution in [3.05, 3.63) is 46.6 Å². The van der Waals surface area contributed by atoms with E-state index in [1.54, 1.807) is 34.6 Å². The van der Waals surface area contributed by atoms with Crippen molar-refractivity contribution in [3.8, 4) is 17.4 Å². The minimum absolute atomic E-state index is 0.0129. The van der Waals surface area contributed by atoms with Crippen molar-refractivity contribution >= 4 is 17.6 Å². The molecule has 2 rings (SSSR count). The van der Waals surface area contributed by atoms with Crippen molar-refractivity contribution in [2.45, 2.75) is 46.3 Å². The Hall–Kier alpha value is -2.41. The van der Waals surface area contributed by atoms with Crippen LogP contribution >= 0.6 is 11.6 Å². The summed E-state index contributed by atoms with van der Waals surface area (Å²) in [6.07, 6.45) is 1.08. The standard InChI is InChI=1S/C19H20ClF2NO4/c1-10(2)25-17-13(20)8-12(9-23-17)26-16-14(21)6-11(7-15(16)22)18(24)27-19(3,4)5/h6-10H,1-5H3. The lowest BCUT2D eigenvalue weighted by molar-refractivity contribution is 0.00683. The van der Waals surface area contributed by atoms with Crippen LogP contribution in [0.2, 0.25) is 5.02 Å². The first-order valence-corrected chi connectivity index (χ1v) is 8.56. The number of rotatable bonds is 5. The van der Waals surface area contributed by atoms with Gasteiger partial charge in [-0.1, -0.05) is 11.6 Å². The van der Waals surface area contributed by atoms with E-state index in [0.717, 1.165) is 12.1 Å². The van der Waals surface area contributed by atoms with Crippen LogP contribution in [0, 0.1) is 11.6 Å². The molecular weight excluding hydrogens is 380 g/mol. The molecule has 0 radical (unpaired) electrons. The van der Waals surface area contributed by atoms with Crippen LogP contribution in [0.25, 0.3) is 0 Å². The third-order valence-corrected chi connectivity index (χ3v) is 3.25. The molecule has 0 amide bonds. The van der Waals surface area contributed by atoms with Crippen LogP contribution < -0.4 is 9.47 Å². The van der Waals surface area contributed by atoms with E-state index >= 15 is 0 Å². The molecule has 1 aromatic carbocycles. The van der Waals surface area contributed by atoms with Crippen LogP contribution in [-0.4, -0.2) is 22.7 Å². The summed E-state index contributed by atoms with van der Waals surface area (Å²) in [6, 6.07) is 3.02. The second kappa shape index (κ2) is 8.08. The summed E-state index contributed by atoms with van der Waals surface area (Å²) in [5.41, 5.74) is -1.05. The maximum absolute atomic E-state index is 14.3. The molecule has 0 saturated carbocycles. The number of halogens is 3. The number of hydrogen-bond acceptors (Lipinski definition) is 5. The SMILES string of the molecule is CC(C)Oc1ncc(Oc2c(F)cc(C(=O)OC(C)(C)C)cc2F)cc1Cl. The second-order valence-corrected chi connectivity index (χ2v) is 7.40. The highest BCUT2D eigenvalue weighted by Crippen LogP contribution is 2.32. The van der Waals surface area contributed by atoms with E-state index in [0.29, 0.717) is 0 Å². The molecule has 0 spiro atoms. The molecule has 0 aliphatic heterocycles. The summed E-state index contributed by atoms with van der Waals surface area (Å²) < 4.78 is 44.3. The van der Waals surface area contributed by atoms with Crippen LogP contribution in [0.3, 0.4) is 0 Å². The van der Waals surface area contributed by atoms with Gasteiger partial charge < -0.3 is 14.2 Å². The van der Waals surface area contributed by atoms with Crippen LogP contribution in [0.5, 0.6) is 17.4 Å². The predicted molar refractivity (Wildman–Crippen MR) is 96.6 cm³/mol. The minimum Gasteiger partial charge on any atom is -0.474 e. The summed E-state index contributed by atoms with van der Waals surface area (Å²) in [7, 11) is 0. The second-order valence-electron chi connectivity index (χ2n) is 7.00. The average Bonchev–Trinajstić information content (AvgIpc) is 2.51. The van der Waals surface area contributed by atoms with Crippen molar-refractivity contribution in [3.63, 3.8) is 0 Å². The molecule has 146 valence electrons. The first kappa shape index (κ1) is 20.9. The Morgan fingerprint density at radius 3 is 2.22 bits per heavy atom. The Morgan fingerprint density at radius 2 is 1.74 bits per heavy atom. The molecular formula is C19H20ClF2NO4. The number of aromatic nitrogens is 1. The monoisotopic (exact) mass is 399 g/mol. The average molecular weight is 400 g/mol. The van der Waals surface area contributed by atoms with Crippen molar-refractivity contribution in [2.24, 2.45) is 0 Å². The highest BCUT2D eigenvalue weighted by atomic mass is 35.5. The summed E-state index contributed by atoms with van der Waals surface area (Å²) in [4.78, 5) is 15.9. The highest BCUT2D eigenvalue weighted by Gasteiger charge is 2.22. The van der Waals surface area contributed by atoms with Crippen LogP contribution in [0.4, 0.5) is 8.78 Å². The molecule has 0 fully saturated rings. The number of nitrogens with zero attached hydrogens (tertiary/aromatic N) is 1. The van der Waals surface area contributed by atoms with E-state index in [4.69, 9.17) is 25.8 Å². The number of benzene rings is 1. The van der Waals surface area contributed by atoms with Gasteiger partial charge in [0.05, 0.1) is 17.9 Å². The molecule has 1 heterocycles. The Labute approximate surface area is 161 Å². The summed E-state index contributed by atoms with van der Waals surface area (Å²) in [5.74, 6) is -3.45. The topological polar surface area (TPSA) is 57.7 Å². The number of carbonyl (C=O) groups excluding carboxylic acids is 1. The molecule has 0 bridgehead atoms. The third kappa shape index (κ3) is 5.79. The lowest BCUT2D eigenvalue weighted by Gasteiger charge is -2.19.